The van der Waals surface area contributed by atoms with Crippen LogP contribution in [-0.2, 0) is 17.6 Å². The molecule has 0 fully saturated rings. The molecule has 2 rings (SSSR count). The van der Waals surface area contributed by atoms with E-state index in [4.69, 9.17) is 0 Å². The standard InChI is InChI=1S/C18H21NOS/c1-3-14-9-11-16(12-10-14)19(2)18(20)17(21)13-15-7-5-4-6-8-15/h4-12,17,21H,3,13H2,1-2H3. The minimum absolute atomic E-state index is 0.0198. The topological polar surface area (TPSA) is 20.3 Å². The number of carbonyl (C=O) groups is 1. The molecule has 0 aliphatic heterocycles. The highest BCUT2D eigenvalue weighted by molar-refractivity contribution is 7.81. The van der Waals surface area contributed by atoms with E-state index in [1.54, 1.807) is 11.9 Å². The normalized spacial score (nSPS) is 12.0. The summed E-state index contributed by atoms with van der Waals surface area (Å²) >= 11 is 4.47. The van der Waals surface area contributed by atoms with E-state index < -0.39 is 0 Å². The summed E-state index contributed by atoms with van der Waals surface area (Å²) in [4.78, 5) is 14.1. The molecule has 0 radical (unpaired) electrons. The van der Waals surface area contributed by atoms with Crippen LogP contribution in [0.15, 0.2) is 54.6 Å². The summed E-state index contributed by atoms with van der Waals surface area (Å²) in [6, 6.07) is 18.1. The zero-order chi connectivity index (χ0) is 15.2. The van der Waals surface area contributed by atoms with Gasteiger partial charge in [0.2, 0.25) is 5.91 Å². The zero-order valence-electron chi connectivity index (χ0n) is 12.5. The van der Waals surface area contributed by atoms with Crippen molar-refractivity contribution in [3.05, 3.63) is 65.7 Å². The van der Waals surface area contributed by atoms with Crippen LogP contribution in [0.25, 0.3) is 0 Å². The Labute approximate surface area is 132 Å². The van der Waals surface area contributed by atoms with E-state index in [2.05, 4.69) is 31.7 Å². The Morgan fingerprint density at radius 2 is 1.67 bits per heavy atom. The Kier molecular flexibility index (Phi) is 5.45. The van der Waals surface area contributed by atoms with Gasteiger partial charge in [0.1, 0.15) is 0 Å². The molecule has 1 amide bonds. The predicted molar refractivity (Wildman–Crippen MR) is 92.2 cm³/mol. The number of hydrogen-bond acceptors (Lipinski definition) is 2. The van der Waals surface area contributed by atoms with E-state index in [9.17, 15) is 4.79 Å². The number of carbonyl (C=O) groups excluding carboxylic acids is 1. The molecule has 1 atom stereocenters. The van der Waals surface area contributed by atoms with Crippen LogP contribution in [0.4, 0.5) is 5.69 Å². The maximum atomic E-state index is 12.5. The molecule has 0 aliphatic carbocycles. The Hall–Kier alpha value is -1.74. The molecule has 0 heterocycles. The lowest BCUT2D eigenvalue weighted by Crippen LogP contribution is -2.34. The highest BCUT2D eigenvalue weighted by Crippen LogP contribution is 2.18. The molecule has 2 aromatic carbocycles. The summed E-state index contributed by atoms with van der Waals surface area (Å²) in [5, 5.41) is -0.330. The summed E-state index contributed by atoms with van der Waals surface area (Å²) in [6.07, 6.45) is 1.64. The van der Waals surface area contributed by atoms with Gasteiger partial charge in [-0.05, 0) is 36.1 Å². The van der Waals surface area contributed by atoms with Gasteiger partial charge in [0, 0.05) is 12.7 Å². The van der Waals surface area contributed by atoms with Crippen molar-refractivity contribution >= 4 is 24.2 Å². The van der Waals surface area contributed by atoms with E-state index in [0.29, 0.717) is 6.42 Å². The van der Waals surface area contributed by atoms with Gasteiger partial charge in [-0.3, -0.25) is 4.79 Å². The zero-order valence-corrected chi connectivity index (χ0v) is 13.4. The average Bonchev–Trinajstić information content (AvgIpc) is 2.54. The number of nitrogens with zero attached hydrogens (tertiary/aromatic N) is 1. The van der Waals surface area contributed by atoms with Crippen LogP contribution in [0.5, 0.6) is 0 Å². The molecule has 0 N–H and O–H groups in total. The van der Waals surface area contributed by atoms with Crippen LogP contribution >= 0.6 is 12.6 Å². The number of amides is 1. The summed E-state index contributed by atoms with van der Waals surface area (Å²) in [5.74, 6) is 0.0198. The van der Waals surface area contributed by atoms with E-state index in [1.807, 2.05) is 42.5 Å². The van der Waals surface area contributed by atoms with Crippen LogP contribution < -0.4 is 4.90 Å². The van der Waals surface area contributed by atoms with Crippen molar-refractivity contribution in [2.24, 2.45) is 0 Å². The first-order chi connectivity index (χ1) is 10.1. The number of thiol groups is 1. The van der Waals surface area contributed by atoms with Crippen molar-refractivity contribution in [1.29, 1.82) is 0 Å². The van der Waals surface area contributed by atoms with Crippen LogP contribution in [0.1, 0.15) is 18.1 Å². The third kappa shape index (κ3) is 4.11. The lowest BCUT2D eigenvalue weighted by Gasteiger charge is -2.21. The number of hydrogen-bond donors (Lipinski definition) is 1. The van der Waals surface area contributed by atoms with Gasteiger partial charge in [0.15, 0.2) is 0 Å². The second kappa shape index (κ2) is 7.32. The van der Waals surface area contributed by atoms with E-state index in [-0.39, 0.29) is 11.2 Å². The summed E-state index contributed by atoms with van der Waals surface area (Å²) < 4.78 is 0. The van der Waals surface area contributed by atoms with Crippen molar-refractivity contribution in [1.82, 2.24) is 0 Å². The molecule has 21 heavy (non-hydrogen) atoms. The van der Waals surface area contributed by atoms with Crippen LogP contribution in [0.3, 0.4) is 0 Å². The monoisotopic (exact) mass is 299 g/mol. The van der Waals surface area contributed by atoms with Crippen molar-refractivity contribution < 1.29 is 4.79 Å². The van der Waals surface area contributed by atoms with Crippen molar-refractivity contribution in [3.63, 3.8) is 0 Å². The summed E-state index contributed by atoms with van der Waals surface area (Å²) in [6.45, 7) is 2.12. The van der Waals surface area contributed by atoms with Gasteiger partial charge < -0.3 is 4.90 Å². The average molecular weight is 299 g/mol. The Bertz CT molecular complexity index is 580. The van der Waals surface area contributed by atoms with Gasteiger partial charge in [0.05, 0.1) is 5.25 Å². The minimum Gasteiger partial charge on any atom is -0.315 e. The fraction of sp³-hybridized carbons (Fsp3) is 0.278. The molecule has 2 nitrogen and oxygen atoms in total. The van der Waals surface area contributed by atoms with E-state index >= 15 is 0 Å². The lowest BCUT2D eigenvalue weighted by atomic mass is 10.1. The van der Waals surface area contributed by atoms with Gasteiger partial charge >= 0.3 is 0 Å². The second-order valence-electron chi connectivity index (χ2n) is 5.12. The maximum Gasteiger partial charge on any atom is 0.239 e. The highest BCUT2D eigenvalue weighted by atomic mass is 32.1. The van der Waals surface area contributed by atoms with Crippen molar-refractivity contribution in [2.75, 3.05) is 11.9 Å². The molecule has 0 saturated carbocycles. The van der Waals surface area contributed by atoms with Gasteiger partial charge in [-0.1, -0.05) is 49.4 Å². The first kappa shape index (κ1) is 15.6. The molecular weight excluding hydrogens is 278 g/mol. The Morgan fingerprint density at radius 3 is 2.24 bits per heavy atom. The second-order valence-corrected chi connectivity index (χ2v) is 5.75. The number of rotatable bonds is 5. The number of anilines is 1. The molecule has 2 aromatic rings. The van der Waals surface area contributed by atoms with E-state index in [0.717, 1.165) is 17.7 Å². The molecule has 0 saturated heterocycles. The third-order valence-electron chi connectivity index (χ3n) is 3.62. The first-order valence-corrected chi connectivity index (χ1v) is 7.72. The van der Waals surface area contributed by atoms with Crippen LogP contribution in [-0.4, -0.2) is 18.2 Å². The van der Waals surface area contributed by atoms with Crippen LogP contribution in [0, 0.1) is 0 Å². The van der Waals surface area contributed by atoms with Gasteiger partial charge in [-0.15, -0.1) is 0 Å². The highest BCUT2D eigenvalue weighted by Gasteiger charge is 2.19. The molecular formula is C18H21NOS. The third-order valence-corrected chi connectivity index (χ3v) is 4.02. The molecule has 1 unspecified atom stereocenters. The lowest BCUT2D eigenvalue weighted by molar-refractivity contribution is -0.117. The molecule has 3 heteroatoms. The number of aryl methyl sites for hydroxylation is 1. The molecule has 0 aliphatic rings. The Morgan fingerprint density at radius 1 is 1.05 bits per heavy atom. The maximum absolute atomic E-state index is 12.5. The summed E-state index contributed by atoms with van der Waals surface area (Å²) in [5.41, 5.74) is 3.30. The smallest absolute Gasteiger partial charge is 0.239 e. The van der Waals surface area contributed by atoms with Crippen molar-refractivity contribution in [3.8, 4) is 0 Å². The predicted octanol–water partition coefficient (Wildman–Crippen LogP) is 3.75. The fourth-order valence-corrected chi connectivity index (χ4v) is 2.61. The first-order valence-electron chi connectivity index (χ1n) is 7.20. The fourth-order valence-electron chi connectivity index (χ4n) is 2.23. The van der Waals surface area contributed by atoms with Crippen LogP contribution in [0.2, 0.25) is 0 Å². The number of benzene rings is 2. The minimum atomic E-state index is -0.330. The Balaban J connectivity index is 2.03. The van der Waals surface area contributed by atoms with Gasteiger partial charge in [0.25, 0.3) is 0 Å². The summed E-state index contributed by atoms with van der Waals surface area (Å²) in [7, 11) is 1.80. The SMILES string of the molecule is CCc1ccc(N(C)C(=O)C(S)Cc2ccccc2)cc1. The van der Waals surface area contributed by atoms with Crippen molar-refractivity contribution in [2.45, 2.75) is 25.0 Å². The van der Waals surface area contributed by atoms with Gasteiger partial charge in [-0.2, -0.15) is 12.6 Å². The molecule has 0 bridgehead atoms. The molecule has 110 valence electrons. The molecule has 0 aromatic heterocycles. The van der Waals surface area contributed by atoms with Gasteiger partial charge in [-0.25, -0.2) is 0 Å². The largest absolute Gasteiger partial charge is 0.315 e. The van der Waals surface area contributed by atoms with E-state index in [1.165, 1.54) is 5.56 Å². The quantitative estimate of drug-likeness (QED) is 0.834. The molecule has 0 spiro atoms.